The summed E-state index contributed by atoms with van der Waals surface area (Å²) in [4.78, 5) is 12.2. The van der Waals surface area contributed by atoms with Crippen molar-refractivity contribution in [3.8, 4) is 6.07 Å². The summed E-state index contributed by atoms with van der Waals surface area (Å²) in [6.45, 7) is 3.41. The predicted molar refractivity (Wildman–Crippen MR) is 64.5 cm³/mol. The van der Waals surface area contributed by atoms with E-state index in [4.69, 9.17) is 5.26 Å². The Balaban J connectivity index is 2.82. The van der Waals surface area contributed by atoms with Gasteiger partial charge in [-0.15, -0.1) is 0 Å². The standard InChI is InChI=1S/C11H17N5/c1-4-6-15(2)10-8-11(14-9-13-10)16(3)7-5-12/h8-9H,4,6-7H2,1-3H3. The van der Waals surface area contributed by atoms with Crippen LogP contribution in [0.2, 0.25) is 0 Å². The third kappa shape index (κ3) is 3.09. The van der Waals surface area contributed by atoms with E-state index in [1.54, 1.807) is 4.90 Å². The molecule has 0 atom stereocenters. The fraction of sp³-hybridized carbons (Fsp3) is 0.545. The smallest absolute Gasteiger partial charge is 0.134 e. The zero-order valence-corrected chi connectivity index (χ0v) is 10.0. The normalized spacial score (nSPS) is 9.62. The quantitative estimate of drug-likeness (QED) is 0.698. The lowest BCUT2D eigenvalue weighted by Gasteiger charge is -2.19. The third-order valence-electron chi connectivity index (χ3n) is 2.29. The van der Waals surface area contributed by atoms with Crippen molar-refractivity contribution in [3.63, 3.8) is 0 Å². The molecule has 1 aromatic heterocycles. The zero-order valence-electron chi connectivity index (χ0n) is 10.0. The van der Waals surface area contributed by atoms with E-state index in [1.807, 2.05) is 20.2 Å². The second-order valence-corrected chi connectivity index (χ2v) is 3.67. The molecule has 1 aromatic rings. The first-order chi connectivity index (χ1) is 7.69. The number of hydrogen-bond acceptors (Lipinski definition) is 5. The Morgan fingerprint density at radius 1 is 1.25 bits per heavy atom. The van der Waals surface area contributed by atoms with Crippen LogP contribution in [-0.4, -0.2) is 37.2 Å². The van der Waals surface area contributed by atoms with Crippen LogP contribution in [0.25, 0.3) is 0 Å². The van der Waals surface area contributed by atoms with Crippen molar-refractivity contribution in [3.05, 3.63) is 12.4 Å². The van der Waals surface area contributed by atoms with Gasteiger partial charge in [-0.3, -0.25) is 0 Å². The monoisotopic (exact) mass is 219 g/mol. The molecule has 86 valence electrons. The molecule has 0 amide bonds. The maximum Gasteiger partial charge on any atom is 0.134 e. The summed E-state index contributed by atoms with van der Waals surface area (Å²) in [5.41, 5.74) is 0. The highest BCUT2D eigenvalue weighted by molar-refractivity contribution is 5.49. The summed E-state index contributed by atoms with van der Waals surface area (Å²) >= 11 is 0. The van der Waals surface area contributed by atoms with E-state index in [0.29, 0.717) is 6.54 Å². The van der Waals surface area contributed by atoms with Gasteiger partial charge in [0.2, 0.25) is 0 Å². The summed E-state index contributed by atoms with van der Waals surface area (Å²) in [6, 6.07) is 3.99. The Hall–Kier alpha value is -1.83. The molecule has 0 spiro atoms. The van der Waals surface area contributed by atoms with Gasteiger partial charge < -0.3 is 9.80 Å². The van der Waals surface area contributed by atoms with Crippen molar-refractivity contribution in [2.24, 2.45) is 0 Å². The Morgan fingerprint density at radius 2 is 1.88 bits per heavy atom. The number of nitriles is 1. The van der Waals surface area contributed by atoms with Crippen molar-refractivity contribution in [2.45, 2.75) is 13.3 Å². The molecule has 0 N–H and O–H groups in total. The van der Waals surface area contributed by atoms with Crippen LogP contribution in [0, 0.1) is 11.3 Å². The first kappa shape index (κ1) is 12.2. The molecule has 1 heterocycles. The molecule has 5 nitrogen and oxygen atoms in total. The second-order valence-electron chi connectivity index (χ2n) is 3.67. The highest BCUT2D eigenvalue weighted by Gasteiger charge is 2.06. The van der Waals surface area contributed by atoms with Gasteiger partial charge in [-0.05, 0) is 6.42 Å². The van der Waals surface area contributed by atoms with E-state index in [0.717, 1.165) is 24.6 Å². The van der Waals surface area contributed by atoms with Crippen LogP contribution >= 0.6 is 0 Å². The van der Waals surface area contributed by atoms with Crippen molar-refractivity contribution in [1.82, 2.24) is 9.97 Å². The van der Waals surface area contributed by atoms with Crippen LogP contribution in [-0.2, 0) is 0 Å². The molecule has 0 saturated heterocycles. The molecule has 16 heavy (non-hydrogen) atoms. The average Bonchev–Trinajstić information content (AvgIpc) is 2.30. The summed E-state index contributed by atoms with van der Waals surface area (Å²) in [5, 5.41) is 8.62. The summed E-state index contributed by atoms with van der Waals surface area (Å²) in [7, 11) is 3.84. The molecule has 0 aliphatic carbocycles. The fourth-order valence-corrected chi connectivity index (χ4v) is 1.39. The molecule has 0 aliphatic heterocycles. The molecule has 0 radical (unpaired) electrons. The molecule has 0 aromatic carbocycles. The van der Waals surface area contributed by atoms with Gasteiger partial charge in [0.1, 0.15) is 24.5 Å². The number of hydrogen-bond donors (Lipinski definition) is 0. The summed E-state index contributed by atoms with van der Waals surface area (Å²) < 4.78 is 0. The Labute approximate surface area is 96.3 Å². The van der Waals surface area contributed by atoms with Crippen LogP contribution < -0.4 is 9.80 Å². The molecule has 0 fully saturated rings. The largest absolute Gasteiger partial charge is 0.360 e. The maximum atomic E-state index is 8.62. The Morgan fingerprint density at radius 3 is 2.44 bits per heavy atom. The predicted octanol–water partition coefficient (Wildman–Crippen LogP) is 1.28. The number of anilines is 2. The van der Waals surface area contributed by atoms with Crippen LogP contribution in [0.1, 0.15) is 13.3 Å². The van der Waals surface area contributed by atoms with Crippen LogP contribution in [0.15, 0.2) is 12.4 Å². The lowest BCUT2D eigenvalue weighted by molar-refractivity contribution is 0.832. The van der Waals surface area contributed by atoms with Gasteiger partial charge in [-0.2, -0.15) is 5.26 Å². The number of nitrogens with zero attached hydrogens (tertiary/aromatic N) is 5. The fourth-order valence-electron chi connectivity index (χ4n) is 1.39. The van der Waals surface area contributed by atoms with Gasteiger partial charge >= 0.3 is 0 Å². The third-order valence-corrected chi connectivity index (χ3v) is 2.29. The summed E-state index contributed by atoms with van der Waals surface area (Å²) in [5.74, 6) is 1.66. The second kappa shape index (κ2) is 5.91. The van der Waals surface area contributed by atoms with E-state index in [9.17, 15) is 0 Å². The highest BCUT2D eigenvalue weighted by atomic mass is 15.2. The lowest BCUT2D eigenvalue weighted by atomic mass is 10.4. The first-order valence-electron chi connectivity index (χ1n) is 5.30. The minimum Gasteiger partial charge on any atom is -0.360 e. The van der Waals surface area contributed by atoms with Gasteiger partial charge in [0.05, 0.1) is 6.07 Å². The van der Waals surface area contributed by atoms with Crippen molar-refractivity contribution in [1.29, 1.82) is 5.26 Å². The van der Waals surface area contributed by atoms with Gasteiger partial charge in [-0.25, -0.2) is 9.97 Å². The molecule has 0 saturated carbocycles. The van der Waals surface area contributed by atoms with Crippen molar-refractivity contribution in [2.75, 3.05) is 37.0 Å². The van der Waals surface area contributed by atoms with Crippen LogP contribution in [0.4, 0.5) is 11.6 Å². The van der Waals surface area contributed by atoms with E-state index in [1.165, 1.54) is 6.33 Å². The minimum absolute atomic E-state index is 0.327. The molecule has 0 unspecified atom stereocenters. The van der Waals surface area contributed by atoms with E-state index >= 15 is 0 Å². The Bertz CT molecular complexity index is 371. The van der Waals surface area contributed by atoms with Crippen LogP contribution in [0.3, 0.4) is 0 Å². The topological polar surface area (TPSA) is 56.0 Å². The van der Waals surface area contributed by atoms with E-state index < -0.39 is 0 Å². The first-order valence-corrected chi connectivity index (χ1v) is 5.30. The number of rotatable bonds is 5. The van der Waals surface area contributed by atoms with Gasteiger partial charge in [-0.1, -0.05) is 6.92 Å². The molecule has 0 aliphatic rings. The highest BCUT2D eigenvalue weighted by Crippen LogP contribution is 2.15. The minimum atomic E-state index is 0.327. The molecule has 5 heteroatoms. The SMILES string of the molecule is CCCN(C)c1cc(N(C)CC#N)ncn1. The van der Waals surface area contributed by atoms with Crippen molar-refractivity contribution >= 4 is 11.6 Å². The molecule has 1 rings (SSSR count). The molecule has 0 bridgehead atoms. The zero-order chi connectivity index (χ0) is 12.0. The van der Waals surface area contributed by atoms with Crippen LogP contribution in [0.5, 0.6) is 0 Å². The average molecular weight is 219 g/mol. The van der Waals surface area contributed by atoms with E-state index in [2.05, 4.69) is 27.9 Å². The van der Waals surface area contributed by atoms with E-state index in [-0.39, 0.29) is 0 Å². The number of aromatic nitrogens is 2. The van der Waals surface area contributed by atoms with Gasteiger partial charge in [0, 0.05) is 26.7 Å². The lowest BCUT2D eigenvalue weighted by Crippen LogP contribution is -2.22. The van der Waals surface area contributed by atoms with Gasteiger partial charge in [0.15, 0.2) is 0 Å². The molecular formula is C11H17N5. The van der Waals surface area contributed by atoms with Gasteiger partial charge in [0.25, 0.3) is 0 Å². The maximum absolute atomic E-state index is 8.62. The molecular weight excluding hydrogens is 202 g/mol. The Kier molecular flexibility index (Phi) is 4.52. The summed E-state index contributed by atoms with van der Waals surface area (Å²) in [6.07, 6.45) is 2.61. The van der Waals surface area contributed by atoms with Crippen molar-refractivity contribution < 1.29 is 0 Å².